The smallest absolute Gasteiger partial charge is 0.255 e. The van der Waals surface area contributed by atoms with E-state index in [9.17, 15) is 4.79 Å². The molecule has 5 rings (SSSR count). The van der Waals surface area contributed by atoms with E-state index in [1.165, 1.54) is 11.8 Å². The summed E-state index contributed by atoms with van der Waals surface area (Å²) in [5.41, 5.74) is 5.03. The number of rotatable bonds is 11. The third kappa shape index (κ3) is 6.94. The van der Waals surface area contributed by atoms with Gasteiger partial charge in [-0.3, -0.25) is 4.79 Å². The van der Waals surface area contributed by atoms with Gasteiger partial charge in [0, 0.05) is 22.2 Å². The first-order valence-electron chi connectivity index (χ1n) is 13.8. The number of fused-ring (bicyclic) bond motifs is 1. The molecule has 1 unspecified atom stereocenters. The number of hydrogen-bond acceptors (Lipinski definition) is 6. The van der Waals surface area contributed by atoms with Gasteiger partial charge in [0.15, 0.2) is 0 Å². The molecule has 0 saturated heterocycles. The number of unbranched alkanes of at least 4 members (excludes halogenated alkanes) is 2. The van der Waals surface area contributed by atoms with Gasteiger partial charge in [0.1, 0.15) is 11.8 Å². The van der Waals surface area contributed by atoms with Gasteiger partial charge in [-0.05, 0) is 67.3 Å². The number of aromatic nitrogens is 3. The summed E-state index contributed by atoms with van der Waals surface area (Å²) in [5.74, 6) is 1.82. The Balaban J connectivity index is 1.45. The van der Waals surface area contributed by atoms with Crippen LogP contribution in [0.15, 0.2) is 89.2 Å². The summed E-state index contributed by atoms with van der Waals surface area (Å²) in [5, 5.41) is 12.6. The van der Waals surface area contributed by atoms with Crippen LogP contribution in [0.4, 0.5) is 11.6 Å². The van der Waals surface area contributed by atoms with Crippen LogP contribution in [-0.2, 0) is 10.5 Å². The number of carbonyl (C=O) groups is 1. The van der Waals surface area contributed by atoms with E-state index in [0.717, 1.165) is 53.1 Å². The van der Waals surface area contributed by atoms with Crippen molar-refractivity contribution in [2.75, 3.05) is 17.2 Å². The molecule has 3 aromatic carbocycles. The third-order valence-electron chi connectivity index (χ3n) is 6.88. The highest BCUT2D eigenvalue weighted by molar-refractivity contribution is 7.98. The van der Waals surface area contributed by atoms with E-state index in [0.29, 0.717) is 34.1 Å². The molecule has 9 heteroatoms. The normalized spacial score (nSPS) is 14.4. The Labute approximate surface area is 250 Å². The van der Waals surface area contributed by atoms with Gasteiger partial charge in [0.2, 0.25) is 11.1 Å². The Morgan fingerprint density at radius 3 is 2.63 bits per heavy atom. The second kappa shape index (κ2) is 13.3. The zero-order chi connectivity index (χ0) is 28.8. The fraction of sp³-hybridized carbons (Fsp3) is 0.281. The van der Waals surface area contributed by atoms with E-state index >= 15 is 0 Å². The SMILES string of the molecule is CCCCCOc1ccc(C2C(C(=O)Nc3cccc(C)c3)=C(C)Nc3nc(SCc4ccccc4Cl)nn32)cc1. The molecule has 0 spiro atoms. The monoisotopic (exact) mass is 587 g/mol. The number of anilines is 2. The number of aryl methyl sites for hydroxylation is 1. The van der Waals surface area contributed by atoms with Crippen LogP contribution in [0.1, 0.15) is 55.8 Å². The zero-order valence-electron chi connectivity index (χ0n) is 23.5. The second-order valence-electron chi connectivity index (χ2n) is 10.1. The molecule has 1 aliphatic heterocycles. The van der Waals surface area contributed by atoms with Crippen LogP contribution in [0.25, 0.3) is 0 Å². The van der Waals surface area contributed by atoms with Crippen LogP contribution in [0, 0.1) is 6.92 Å². The van der Waals surface area contributed by atoms with Gasteiger partial charge in [-0.1, -0.05) is 85.6 Å². The Morgan fingerprint density at radius 2 is 1.88 bits per heavy atom. The van der Waals surface area contributed by atoms with Gasteiger partial charge in [-0.2, -0.15) is 4.98 Å². The molecule has 0 saturated carbocycles. The maximum Gasteiger partial charge on any atom is 0.255 e. The van der Waals surface area contributed by atoms with Crippen molar-refractivity contribution in [2.24, 2.45) is 0 Å². The largest absolute Gasteiger partial charge is 0.494 e. The second-order valence-corrected chi connectivity index (χ2v) is 11.4. The number of hydrogen-bond donors (Lipinski definition) is 2. The fourth-order valence-corrected chi connectivity index (χ4v) is 5.88. The lowest BCUT2D eigenvalue weighted by molar-refractivity contribution is -0.113. The van der Waals surface area contributed by atoms with Crippen molar-refractivity contribution in [2.45, 2.75) is 57.0 Å². The summed E-state index contributed by atoms with van der Waals surface area (Å²) >= 11 is 7.87. The quantitative estimate of drug-likeness (QED) is 0.137. The van der Waals surface area contributed by atoms with E-state index in [2.05, 4.69) is 17.6 Å². The lowest BCUT2D eigenvalue weighted by atomic mass is 9.95. The maximum atomic E-state index is 13.8. The molecular formula is C32H34ClN5O2S. The van der Waals surface area contributed by atoms with Crippen LogP contribution in [0.3, 0.4) is 0 Å². The number of allylic oxidation sites excluding steroid dienone is 1. The van der Waals surface area contributed by atoms with Gasteiger partial charge in [-0.15, -0.1) is 5.10 Å². The highest BCUT2D eigenvalue weighted by atomic mass is 35.5. The number of ether oxygens (including phenoxy) is 1. The Kier molecular flexibility index (Phi) is 9.31. The molecule has 1 atom stereocenters. The molecule has 1 amide bonds. The van der Waals surface area contributed by atoms with Crippen molar-refractivity contribution in [1.82, 2.24) is 14.8 Å². The summed E-state index contributed by atoms with van der Waals surface area (Å²) in [4.78, 5) is 18.5. The van der Waals surface area contributed by atoms with Crippen molar-refractivity contribution in [3.05, 3.63) is 106 Å². The van der Waals surface area contributed by atoms with Gasteiger partial charge < -0.3 is 15.4 Å². The Bertz CT molecular complexity index is 1550. The zero-order valence-corrected chi connectivity index (χ0v) is 25.1. The van der Waals surface area contributed by atoms with Gasteiger partial charge in [0.25, 0.3) is 5.91 Å². The van der Waals surface area contributed by atoms with Crippen LogP contribution in [-0.4, -0.2) is 27.3 Å². The Hall–Kier alpha value is -3.75. The van der Waals surface area contributed by atoms with Crippen LogP contribution in [0.2, 0.25) is 5.02 Å². The minimum absolute atomic E-state index is 0.197. The molecule has 41 heavy (non-hydrogen) atoms. The molecule has 1 aromatic heterocycles. The fourth-order valence-electron chi connectivity index (χ4n) is 4.76. The number of thioether (sulfide) groups is 1. The molecule has 212 valence electrons. The van der Waals surface area contributed by atoms with Crippen LogP contribution < -0.4 is 15.4 Å². The third-order valence-corrected chi connectivity index (χ3v) is 8.14. The molecule has 7 nitrogen and oxygen atoms in total. The number of carbonyl (C=O) groups excluding carboxylic acids is 1. The molecule has 4 aromatic rings. The van der Waals surface area contributed by atoms with E-state index in [-0.39, 0.29) is 5.91 Å². The minimum atomic E-state index is -0.479. The average Bonchev–Trinajstić information content (AvgIpc) is 3.37. The predicted molar refractivity (Wildman–Crippen MR) is 167 cm³/mol. The van der Waals surface area contributed by atoms with Crippen molar-refractivity contribution < 1.29 is 9.53 Å². The highest BCUT2D eigenvalue weighted by Gasteiger charge is 2.34. The molecule has 0 fully saturated rings. The number of amides is 1. The lowest BCUT2D eigenvalue weighted by Gasteiger charge is -2.28. The molecule has 0 aliphatic carbocycles. The highest BCUT2D eigenvalue weighted by Crippen LogP contribution is 2.38. The van der Waals surface area contributed by atoms with E-state index in [4.69, 9.17) is 26.4 Å². The summed E-state index contributed by atoms with van der Waals surface area (Å²) < 4.78 is 7.74. The minimum Gasteiger partial charge on any atom is -0.494 e. The molecule has 0 bridgehead atoms. The van der Waals surface area contributed by atoms with E-state index in [1.54, 1.807) is 4.68 Å². The summed E-state index contributed by atoms with van der Waals surface area (Å²) in [7, 11) is 0. The van der Waals surface area contributed by atoms with Gasteiger partial charge in [0.05, 0.1) is 12.2 Å². The summed E-state index contributed by atoms with van der Waals surface area (Å²) in [6, 6.07) is 23.0. The standard InChI is InChI=1S/C32H34ClN5O2S/c1-4-5-8-18-40-26-16-14-23(15-17-26)29-28(30(39)35-25-12-9-10-21(2)19-25)22(3)34-31-36-32(37-38(29)31)41-20-24-11-6-7-13-27(24)33/h6-7,9-17,19,29H,4-5,8,18,20H2,1-3H3,(H,35,39)(H,34,36,37). The van der Waals surface area contributed by atoms with Crippen molar-refractivity contribution in [3.8, 4) is 5.75 Å². The van der Waals surface area contributed by atoms with Gasteiger partial charge >= 0.3 is 0 Å². The molecule has 2 heterocycles. The number of nitrogens with one attached hydrogen (secondary N) is 2. The topological polar surface area (TPSA) is 81.1 Å². The van der Waals surface area contributed by atoms with Crippen molar-refractivity contribution in [3.63, 3.8) is 0 Å². The Morgan fingerprint density at radius 1 is 1.07 bits per heavy atom. The maximum absolute atomic E-state index is 13.8. The van der Waals surface area contributed by atoms with E-state index in [1.807, 2.05) is 86.6 Å². The van der Waals surface area contributed by atoms with Crippen molar-refractivity contribution >= 4 is 40.9 Å². The number of nitrogens with zero attached hydrogens (tertiary/aromatic N) is 3. The first-order valence-corrected chi connectivity index (χ1v) is 15.2. The first-order chi connectivity index (χ1) is 19.9. The summed E-state index contributed by atoms with van der Waals surface area (Å²) in [6.07, 6.45) is 3.31. The molecule has 1 aliphatic rings. The molecular weight excluding hydrogens is 554 g/mol. The number of benzene rings is 3. The lowest BCUT2D eigenvalue weighted by Crippen LogP contribution is -2.31. The number of halogens is 1. The van der Waals surface area contributed by atoms with Crippen LogP contribution >= 0.6 is 23.4 Å². The molecule has 0 radical (unpaired) electrons. The summed E-state index contributed by atoms with van der Waals surface area (Å²) in [6.45, 7) is 6.76. The van der Waals surface area contributed by atoms with Gasteiger partial charge in [-0.25, -0.2) is 4.68 Å². The predicted octanol–water partition coefficient (Wildman–Crippen LogP) is 8.03. The molecule has 2 N–H and O–H groups in total. The van der Waals surface area contributed by atoms with Crippen molar-refractivity contribution in [1.29, 1.82) is 0 Å². The average molecular weight is 588 g/mol. The van der Waals surface area contributed by atoms with E-state index < -0.39 is 6.04 Å². The van der Waals surface area contributed by atoms with Crippen LogP contribution in [0.5, 0.6) is 5.75 Å². The first kappa shape index (κ1) is 28.8.